The van der Waals surface area contributed by atoms with Crippen LogP contribution in [-0.4, -0.2) is 56.2 Å². The largest absolute Gasteiger partial charge is 0.349 e. The number of hydrogen-bond donors (Lipinski definition) is 2. The number of anilines is 1. The van der Waals surface area contributed by atoms with Crippen molar-refractivity contribution in [2.24, 2.45) is 0 Å². The first-order valence-corrected chi connectivity index (χ1v) is 7.75. The summed E-state index contributed by atoms with van der Waals surface area (Å²) in [5.41, 5.74) is 0. The molecule has 0 aliphatic rings. The molecule has 1 heterocycles. The number of rotatable bonds is 8. The monoisotopic (exact) mass is 299 g/mol. The Balaban J connectivity index is 2.24. The van der Waals surface area contributed by atoms with Crippen molar-refractivity contribution in [1.82, 2.24) is 20.5 Å². The first-order valence-electron chi connectivity index (χ1n) is 6.94. The van der Waals surface area contributed by atoms with Crippen LogP contribution in [0.2, 0.25) is 0 Å². The highest BCUT2D eigenvalue weighted by atomic mass is 32.1. The number of carbonyl (C=O) groups is 1. The van der Waals surface area contributed by atoms with Crippen LogP contribution in [0.3, 0.4) is 0 Å². The van der Waals surface area contributed by atoms with Gasteiger partial charge in [-0.05, 0) is 13.8 Å². The summed E-state index contributed by atoms with van der Waals surface area (Å²) in [7, 11) is 3.46. The summed E-state index contributed by atoms with van der Waals surface area (Å²) >= 11 is 1.72. The Labute approximate surface area is 125 Å². The van der Waals surface area contributed by atoms with Gasteiger partial charge in [0.15, 0.2) is 5.13 Å². The molecule has 2 N–H and O–H groups in total. The van der Waals surface area contributed by atoms with Crippen LogP contribution in [0.25, 0.3) is 0 Å². The molecule has 1 rings (SSSR count). The van der Waals surface area contributed by atoms with E-state index in [2.05, 4.69) is 34.4 Å². The average molecular weight is 299 g/mol. The summed E-state index contributed by atoms with van der Waals surface area (Å²) < 4.78 is 0. The Kier molecular flexibility index (Phi) is 7.32. The van der Waals surface area contributed by atoms with Crippen LogP contribution >= 0.6 is 11.3 Å². The molecule has 0 spiro atoms. The molecule has 1 aromatic heterocycles. The van der Waals surface area contributed by atoms with Crippen LogP contribution in [0.15, 0.2) is 6.20 Å². The van der Waals surface area contributed by atoms with Gasteiger partial charge in [-0.3, -0.25) is 0 Å². The number of hydrogen-bond acceptors (Lipinski definition) is 5. The maximum Gasteiger partial charge on any atom is 0.316 e. The van der Waals surface area contributed by atoms with E-state index >= 15 is 0 Å². The van der Waals surface area contributed by atoms with Crippen molar-refractivity contribution in [3.8, 4) is 0 Å². The minimum Gasteiger partial charge on any atom is -0.349 e. The second-order valence-electron chi connectivity index (χ2n) is 4.58. The Hall–Kier alpha value is -1.34. The average Bonchev–Trinajstić information content (AvgIpc) is 2.88. The number of thiazole rings is 1. The molecule has 1 aromatic rings. The second-order valence-corrected chi connectivity index (χ2v) is 5.68. The summed E-state index contributed by atoms with van der Waals surface area (Å²) in [6.07, 6.45) is 1.92. The van der Waals surface area contributed by atoms with Crippen molar-refractivity contribution >= 4 is 22.5 Å². The molecular formula is C13H25N5OS. The van der Waals surface area contributed by atoms with Crippen molar-refractivity contribution in [2.45, 2.75) is 20.4 Å². The third-order valence-corrected chi connectivity index (χ3v) is 3.92. The fraction of sp³-hybridized carbons (Fsp3) is 0.692. The molecule has 7 heteroatoms. The van der Waals surface area contributed by atoms with Crippen LogP contribution in [0.1, 0.15) is 18.7 Å². The van der Waals surface area contributed by atoms with Gasteiger partial charge in [-0.2, -0.15) is 0 Å². The Morgan fingerprint density at radius 3 is 2.60 bits per heavy atom. The zero-order valence-corrected chi connectivity index (χ0v) is 13.6. The maximum absolute atomic E-state index is 11.3. The van der Waals surface area contributed by atoms with Crippen molar-refractivity contribution in [3.05, 3.63) is 11.1 Å². The first kappa shape index (κ1) is 16.7. The number of carbonyl (C=O) groups excluding carboxylic acids is 1. The highest BCUT2D eigenvalue weighted by Crippen LogP contribution is 2.21. The van der Waals surface area contributed by atoms with Crippen molar-refractivity contribution in [2.75, 3.05) is 45.2 Å². The molecule has 0 fully saturated rings. The van der Waals surface area contributed by atoms with Crippen LogP contribution in [0, 0.1) is 0 Å². The summed E-state index contributed by atoms with van der Waals surface area (Å²) in [4.78, 5) is 20.7. The van der Waals surface area contributed by atoms with Gasteiger partial charge in [0.2, 0.25) is 0 Å². The van der Waals surface area contributed by atoms with Crippen molar-refractivity contribution in [3.63, 3.8) is 0 Å². The molecule has 0 atom stereocenters. The molecular weight excluding hydrogens is 274 g/mol. The lowest BCUT2D eigenvalue weighted by molar-refractivity contribution is 0.217. The predicted octanol–water partition coefficient (Wildman–Crippen LogP) is 1.35. The van der Waals surface area contributed by atoms with E-state index in [4.69, 9.17) is 0 Å². The molecule has 114 valence electrons. The fourth-order valence-electron chi connectivity index (χ4n) is 1.65. The molecule has 0 saturated carbocycles. The van der Waals surface area contributed by atoms with Gasteiger partial charge in [0.05, 0.1) is 0 Å². The first-order chi connectivity index (χ1) is 9.58. The molecule has 0 aliphatic carbocycles. The number of nitrogens with one attached hydrogen (secondary N) is 2. The smallest absolute Gasteiger partial charge is 0.316 e. The second kappa shape index (κ2) is 8.76. The minimum atomic E-state index is -0.0617. The SMILES string of the molecule is CCN(CC)c1ncc(CNCCNC(=O)N(C)C)s1. The molecule has 0 aromatic carbocycles. The molecule has 0 unspecified atom stereocenters. The number of urea groups is 1. The predicted molar refractivity (Wildman–Crippen MR) is 84.5 cm³/mol. The third kappa shape index (κ3) is 5.34. The molecule has 0 radical (unpaired) electrons. The van der Waals surface area contributed by atoms with Gasteiger partial charge in [0.25, 0.3) is 0 Å². The van der Waals surface area contributed by atoms with Gasteiger partial charge >= 0.3 is 6.03 Å². The molecule has 0 aliphatic heterocycles. The van der Waals surface area contributed by atoms with Crippen molar-refractivity contribution in [1.29, 1.82) is 0 Å². The molecule has 20 heavy (non-hydrogen) atoms. The number of aromatic nitrogens is 1. The van der Waals surface area contributed by atoms with E-state index in [1.165, 1.54) is 9.78 Å². The standard InChI is InChI=1S/C13H25N5OS/c1-5-18(6-2)13-16-10-11(20-13)9-14-7-8-15-12(19)17(3)4/h10,14H,5-9H2,1-4H3,(H,15,19). The minimum absolute atomic E-state index is 0.0617. The summed E-state index contributed by atoms with van der Waals surface area (Å²) in [5.74, 6) is 0. The molecule has 2 amide bonds. The van der Waals surface area contributed by atoms with Gasteiger partial charge in [-0.1, -0.05) is 0 Å². The van der Waals surface area contributed by atoms with Gasteiger partial charge in [0.1, 0.15) is 0 Å². The fourth-order valence-corrected chi connectivity index (χ4v) is 2.65. The lowest BCUT2D eigenvalue weighted by Crippen LogP contribution is -2.38. The number of nitrogens with zero attached hydrogens (tertiary/aromatic N) is 3. The Bertz CT molecular complexity index is 403. The Morgan fingerprint density at radius 2 is 2.00 bits per heavy atom. The zero-order chi connectivity index (χ0) is 15.0. The maximum atomic E-state index is 11.3. The van der Waals surface area contributed by atoms with Crippen molar-refractivity contribution < 1.29 is 4.79 Å². The van der Waals surface area contributed by atoms with Gasteiger partial charge in [0, 0.05) is 57.9 Å². The summed E-state index contributed by atoms with van der Waals surface area (Å²) in [5, 5.41) is 7.19. The highest BCUT2D eigenvalue weighted by molar-refractivity contribution is 7.15. The van der Waals surface area contributed by atoms with E-state index in [1.54, 1.807) is 25.4 Å². The highest BCUT2D eigenvalue weighted by Gasteiger charge is 2.07. The topological polar surface area (TPSA) is 60.5 Å². The number of amides is 2. The van der Waals surface area contributed by atoms with Gasteiger partial charge in [-0.15, -0.1) is 11.3 Å². The van der Waals surface area contributed by atoms with Crippen LogP contribution < -0.4 is 15.5 Å². The van der Waals surface area contributed by atoms with Gasteiger partial charge < -0.3 is 20.4 Å². The Morgan fingerprint density at radius 1 is 1.30 bits per heavy atom. The summed E-state index contributed by atoms with van der Waals surface area (Å²) in [6.45, 7) is 8.39. The van der Waals surface area contributed by atoms with E-state index in [9.17, 15) is 4.79 Å². The lowest BCUT2D eigenvalue weighted by Gasteiger charge is -2.16. The zero-order valence-electron chi connectivity index (χ0n) is 12.8. The quantitative estimate of drug-likeness (QED) is 0.711. The van der Waals surface area contributed by atoms with Crippen LogP contribution in [-0.2, 0) is 6.54 Å². The van der Waals surface area contributed by atoms with Crippen LogP contribution in [0.4, 0.5) is 9.93 Å². The molecule has 6 nitrogen and oxygen atoms in total. The van der Waals surface area contributed by atoms with Gasteiger partial charge in [-0.25, -0.2) is 9.78 Å². The normalized spacial score (nSPS) is 10.4. The molecule has 0 saturated heterocycles. The van der Waals surface area contributed by atoms with E-state index in [0.29, 0.717) is 6.54 Å². The summed E-state index contributed by atoms with van der Waals surface area (Å²) in [6, 6.07) is -0.0617. The molecule has 0 bridgehead atoms. The van der Waals surface area contributed by atoms with E-state index in [-0.39, 0.29) is 6.03 Å². The van der Waals surface area contributed by atoms with Crippen LogP contribution in [0.5, 0.6) is 0 Å². The van der Waals surface area contributed by atoms with E-state index in [1.807, 2.05) is 6.20 Å². The van der Waals surface area contributed by atoms with E-state index in [0.717, 1.165) is 31.3 Å². The third-order valence-electron chi connectivity index (χ3n) is 2.86. The lowest BCUT2D eigenvalue weighted by atomic mass is 10.5. The van der Waals surface area contributed by atoms with E-state index < -0.39 is 0 Å².